The third kappa shape index (κ3) is 6.03. The van der Waals surface area contributed by atoms with E-state index >= 15 is 0 Å². The van der Waals surface area contributed by atoms with Gasteiger partial charge in [0, 0.05) is 19.6 Å². The van der Waals surface area contributed by atoms with Crippen molar-refractivity contribution < 1.29 is 9.90 Å². The van der Waals surface area contributed by atoms with Gasteiger partial charge < -0.3 is 15.7 Å². The molecule has 0 aliphatic heterocycles. The normalized spacial score (nSPS) is 17.2. The largest absolute Gasteiger partial charge is 0.396 e. The minimum Gasteiger partial charge on any atom is -0.396 e. The van der Waals surface area contributed by atoms with Crippen molar-refractivity contribution in [2.24, 2.45) is 5.41 Å². The van der Waals surface area contributed by atoms with Gasteiger partial charge in [0.1, 0.15) is 0 Å². The molecule has 18 heavy (non-hydrogen) atoms. The summed E-state index contributed by atoms with van der Waals surface area (Å²) in [5.41, 5.74) is 0.174. The van der Waals surface area contributed by atoms with Gasteiger partial charge in [0.2, 0.25) is 5.91 Å². The average molecular weight is 279 g/mol. The SMILES string of the molecule is CNCCCC(=O)NCC1(CCO)CCCC1.Cl. The summed E-state index contributed by atoms with van der Waals surface area (Å²) in [5, 5.41) is 15.2. The third-order valence-corrected chi connectivity index (χ3v) is 3.80. The molecular weight excluding hydrogens is 252 g/mol. The van der Waals surface area contributed by atoms with E-state index in [1.165, 1.54) is 12.8 Å². The highest BCUT2D eigenvalue weighted by atomic mass is 35.5. The average Bonchev–Trinajstić information content (AvgIpc) is 2.77. The highest BCUT2D eigenvalue weighted by Crippen LogP contribution is 2.40. The summed E-state index contributed by atoms with van der Waals surface area (Å²) in [5.74, 6) is 0.143. The number of hydrogen-bond acceptors (Lipinski definition) is 3. The van der Waals surface area contributed by atoms with Gasteiger partial charge in [-0.3, -0.25) is 4.79 Å². The Hall–Kier alpha value is -0.320. The molecule has 0 aromatic rings. The molecule has 0 radical (unpaired) electrons. The zero-order valence-corrected chi connectivity index (χ0v) is 12.2. The molecule has 4 nitrogen and oxygen atoms in total. The third-order valence-electron chi connectivity index (χ3n) is 3.80. The second-order valence-electron chi connectivity index (χ2n) is 5.16. The van der Waals surface area contributed by atoms with Crippen LogP contribution in [0.5, 0.6) is 0 Å². The van der Waals surface area contributed by atoms with Crippen LogP contribution >= 0.6 is 12.4 Å². The van der Waals surface area contributed by atoms with Gasteiger partial charge in [-0.2, -0.15) is 0 Å². The van der Waals surface area contributed by atoms with Crippen molar-refractivity contribution >= 4 is 18.3 Å². The topological polar surface area (TPSA) is 61.4 Å². The van der Waals surface area contributed by atoms with Crippen LogP contribution in [0.1, 0.15) is 44.9 Å². The highest BCUT2D eigenvalue weighted by molar-refractivity contribution is 5.85. The summed E-state index contributed by atoms with van der Waals surface area (Å²) in [6.45, 7) is 1.86. The number of rotatable bonds is 8. The van der Waals surface area contributed by atoms with Crippen molar-refractivity contribution in [2.45, 2.75) is 44.9 Å². The summed E-state index contributed by atoms with van der Waals surface area (Å²) in [7, 11) is 1.90. The van der Waals surface area contributed by atoms with Gasteiger partial charge in [0.05, 0.1) is 0 Å². The molecule has 0 saturated heterocycles. The van der Waals surface area contributed by atoms with Crippen molar-refractivity contribution in [2.75, 3.05) is 26.7 Å². The fourth-order valence-corrected chi connectivity index (χ4v) is 2.68. The first-order chi connectivity index (χ1) is 8.22. The Labute approximate surface area is 116 Å². The molecule has 0 unspecified atom stereocenters. The lowest BCUT2D eigenvalue weighted by molar-refractivity contribution is -0.121. The van der Waals surface area contributed by atoms with Crippen LogP contribution in [-0.4, -0.2) is 37.8 Å². The van der Waals surface area contributed by atoms with Crippen LogP contribution < -0.4 is 10.6 Å². The van der Waals surface area contributed by atoms with Gasteiger partial charge in [-0.15, -0.1) is 12.4 Å². The van der Waals surface area contributed by atoms with E-state index in [0.29, 0.717) is 6.42 Å². The van der Waals surface area contributed by atoms with Crippen molar-refractivity contribution in [3.8, 4) is 0 Å². The lowest BCUT2D eigenvalue weighted by Crippen LogP contribution is -2.36. The molecule has 0 aromatic heterocycles. The van der Waals surface area contributed by atoms with Gasteiger partial charge in [0.15, 0.2) is 0 Å². The van der Waals surface area contributed by atoms with E-state index in [0.717, 1.165) is 38.8 Å². The molecule has 0 heterocycles. The Kier molecular flexibility index (Phi) is 9.42. The zero-order valence-electron chi connectivity index (χ0n) is 11.3. The first kappa shape index (κ1) is 17.7. The maximum absolute atomic E-state index is 11.6. The molecule has 0 aromatic carbocycles. The lowest BCUT2D eigenvalue weighted by Gasteiger charge is -2.28. The van der Waals surface area contributed by atoms with E-state index in [4.69, 9.17) is 5.11 Å². The van der Waals surface area contributed by atoms with E-state index in [1.807, 2.05) is 7.05 Å². The molecular formula is C13H27ClN2O2. The van der Waals surface area contributed by atoms with E-state index < -0.39 is 0 Å². The fraction of sp³-hybridized carbons (Fsp3) is 0.923. The van der Waals surface area contributed by atoms with Gasteiger partial charge in [-0.1, -0.05) is 12.8 Å². The minimum absolute atomic E-state index is 0. The fourth-order valence-electron chi connectivity index (χ4n) is 2.68. The van der Waals surface area contributed by atoms with Crippen molar-refractivity contribution in [1.29, 1.82) is 0 Å². The maximum Gasteiger partial charge on any atom is 0.220 e. The van der Waals surface area contributed by atoms with Crippen molar-refractivity contribution in [3.05, 3.63) is 0 Å². The van der Waals surface area contributed by atoms with Crippen LogP contribution in [0.3, 0.4) is 0 Å². The first-order valence-corrected chi connectivity index (χ1v) is 6.75. The monoisotopic (exact) mass is 278 g/mol. The quantitative estimate of drug-likeness (QED) is 0.589. The number of aliphatic hydroxyl groups is 1. The first-order valence-electron chi connectivity index (χ1n) is 6.75. The summed E-state index contributed by atoms with van der Waals surface area (Å²) >= 11 is 0. The Bertz CT molecular complexity index is 231. The number of nitrogens with one attached hydrogen (secondary N) is 2. The zero-order chi connectivity index (χ0) is 12.6. The lowest BCUT2D eigenvalue weighted by atomic mass is 9.83. The van der Waals surface area contributed by atoms with Crippen molar-refractivity contribution in [3.63, 3.8) is 0 Å². The standard InChI is InChI=1S/C13H26N2O2.ClH/c1-14-9-4-5-12(17)15-11-13(8-10-16)6-2-3-7-13;/h14,16H,2-11H2,1H3,(H,15,17);1H. The molecule has 0 bridgehead atoms. The molecule has 3 N–H and O–H groups in total. The van der Waals surface area contributed by atoms with E-state index in [-0.39, 0.29) is 30.3 Å². The maximum atomic E-state index is 11.6. The van der Waals surface area contributed by atoms with E-state index in [2.05, 4.69) is 10.6 Å². The van der Waals surface area contributed by atoms with Gasteiger partial charge in [-0.05, 0) is 44.7 Å². The van der Waals surface area contributed by atoms with Crippen LogP contribution in [0.4, 0.5) is 0 Å². The Morgan fingerprint density at radius 1 is 1.33 bits per heavy atom. The molecule has 1 saturated carbocycles. The molecule has 5 heteroatoms. The number of halogens is 1. The smallest absolute Gasteiger partial charge is 0.220 e. The number of hydrogen-bond donors (Lipinski definition) is 3. The number of amides is 1. The van der Waals surface area contributed by atoms with Gasteiger partial charge in [-0.25, -0.2) is 0 Å². The van der Waals surface area contributed by atoms with Gasteiger partial charge >= 0.3 is 0 Å². The molecule has 1 amide bonds. The molecule has 1 rings (SSSR count). The Morgan fingerprint density at radius 3 is 2.56 bits per heavy atom. The predicted octanol–water partition coefficient (Wildman–Crippen LogP) is 1.47. The van der Waals surface area contributed by atoms with Crippen LogP contribution in [-0.2, 0) is 4.79 Å². The van der Waals surface area contributed by atoms with Crippen molar-refractivity contribution in [1.82, 2.24) is 10.6 Å². The number of aliphatic hydroxyl groups excluding tert-OH is 1. The molecule has 1 aliphatic rings. The molecule has 0 atom stereocenters. The molecule has 1 fully saturated rings. The Morgan fingerprint density at radius 2 is 2.00 bits per heavy atom. The second-order valence-corrected chi connectivity index (χ2v) is 5.16. The summed E-state index contributed by atoms with van der Waals surface area (Å²) in [6, 6.07) is 0. The number of carbonyl (C=O) groups excluding carboxylic acids is 1. The highest BCUT2D eigenvalue weighted by Gasteiger charge is 2.33. The summed E-state index contributed by atoms with van der Waals surface area (Å²) in [4.78, 5) is 11.6. The van der Waals surface area contributed by atoms with Crippen LogP contribution in [0.25, 0.3) is 0 Å². The summed E-state index contributed by atoms with van der Waals surface area (Å²) in [6.07, 6.45) is 7.05. The molecule has 0 spiro atoms. The predicted molar refractivity (Wildman–Crippen MR) is 76.0 cm³/mol. The Balaban J connectivity index is 0.00000289. The van der Waals surface area contributed by atoms with Crippen LogP contribution in [0.15, 0.2) is 0 Å². The summed E-state index contributed by atoms with van der Waals surface area (Å²) < 4.78 is 0. The minimum atomic E-state index is 0. The van der Waals surface area contributed by atoms with Gasteiger partial charge in [0.25, 0.3) is 0 Å². The molecule has 1 aliphatic carbocycles. The van der Waals surface area contributed by atoms with Crippen LogP contribution in [0.2, 0.25) is 0 Å². The van der Waals surface area contributed by atoms with Crippen LogP contribution in [0, 0.1) is 5.41 Å². The van der Waals surface area contributed by atoms with E-state index in [1.54, 1.807) is 0 Å². The molecule has 108 valence electrons. The second kappa shape index (κ2) is 9.59. The van der Waals surface area contributed by atoms with E-state index in [9.17, 15) is 4.79 Å². The number of carbonyl (C=O) groups is 1.